The Balaban J connectivity index is 2.17. The van der Waals surface area contributed by atoms with Gasteiger partial charge in [-0.15, -0.1) is 0 Å². The van der Waals surface area contributed by atoms with Crippen LogP contribution < -0.4 is 27.4 Å². The van der Waals surface area contributed by atoms with Gasteiger partial charge in [0, 0.05) is 12.8 Å². The van der Waals surface area contributed by atoms with E-state index in [-0.39, 0.29) is 19.3 Å². The Hall–Kier alpha value is -3.76. The SMILES string of the molecule is C[C@H](NC(=O)[C@H](CCCCN)NC(=O)[C@H](Cc1ccccc1)NC(=O)[C@@H](O)Cc1ccccc1)C(N)=O. The number of carbonyl (C=O) groups excluding carboxylic acids is 4. The highest BCUT2D eigenvalue weighted by molar-refractivity contribution is 5.94. The van der Waals surface area contributed by atoms with E-state index in [2.05, 4.69) is 16.0 Å². The molecule has 0 aliphatic carbocycles. The molecule has 2 aromatic rings. The fraction of sp³-hybridized carbons (Fsp3) is 0.407. The number of nitrogens with one attached hydrogen (secondary N) is 3. The Morgan fingerprint density at radius 1 is 0.757 bits per heavy atom. The highest BCUT2D eigenvalue weighted by Crippen LogP contribution is 2.08. The predicted molar refractivity (Wildman–Crippen MR) is 140 cm³/mol. The van der Waals surface area contributed by atoms with E-state index < -0.39 is 47.9 Å². The number of hydrogen-bond acceptors (Lipinski definition) is 6. The molecule has 2 rings (SSSR count). The molecule has 0 radical (unpaired) electrons. The highest BCUT2D eigenvalue weighted by atomic mass is 16.3. The summed E-state index contributed by atoms with van der Waals surface area (Å²) in [5, 5.41) is 18.3. The van der Waals surface area contributed by atoms with E-state index in [0.29, 0.717) is 19.4 Å². The van der Waals surface area contributed by atoms with E-state index in [1.165, 1.54) is 6.92 Å². The van der Waals surface area contributed by atoms with Crippen molar-refractivity contribution >= 4 is 23.6 Å². The Labute approximate surface area is 217 Å². The van der Waals surface area contributed by atoms with Crippen LogP contribution >= 0.6 is 0 Å². The van der Waals surface area contributed by atoms with Gasteiger partial charge in [0.15, 0.2) is 0 Å². The van der Waals surface area contributed by atoms with Gasteiger partial charge in [0.2, 0.25) is 23.6 Å². The van der Waals surface area contributed by atoms with Crippen molar-refractivity contribution in [2.45, 2.75) is 63.3 Å². The van der Waals surface area contributed by atoms with Crippen LogP contribution in [0.2, 0.25) is 0 Å². The van der Waals surface area contributed by atoms with Gasteiger partial charge in [0.1, 0.15) is 24.2 Å². The summed E-state index contributed by atoms with van der Waals surface area (Å²) in [5.41, 5.74) is 12.4. The molecule has 10 nitrogen and oxygen atoms in total. The number of carbonyl (C=O) groups is 4. The first-order chi connectivity index (χ1) is 17.7. The Bertz CT molecular complexity index is 1020. The monoisotopic (exact) mass is 511 g/mol. The first-order valence-electron chi connectivity index (χ1n) is 12.4. The maximum atomic E-state index is 13.3. The van der Waals surface area contributed by atoms with Gasteiger partial charge in [-0.25, -0.2) is 0 Å². The van der Waals surface area contributed by atoms with Crippen molar-refractivity contribution in [2.24, 2.45) is 11.5 Å². The number of amides is 4. The molecule has 8 N–H and O–H groups in total. The predicted octanol–water partition coefficient (Wildman–Crippen LogP) is -0.0787. The maximum Gasteiger partial charge on any atom is 0.249 e. The molecule has 37 heavy (non-hydrogen) atoms. The van der Waals surface area contributed by atoms with E-state index >= 15 is 0 Å². The topological polar surface area (TPSA) is 177 Å². The summed E-state index contributed by atoms with van der Waals surface area (Å²) in [4.78, 5) is 50.4. The average Bonchev–Trinajstić information content (AvgIpc) is 2.88. The molecule has 0 heterocycles. The van der Waals surface area contributed by atoms with Gasteiger partial charge < -0.3 is 32.5 Å². The zero-order valence-corrected chi connectivity index (χ0v) is 21.1. The molecule has 0 saturated carbocycles. The van der Waals surface area contributed by atoms with Crippen LogP contribution in [0.3, 0.4) is 0 Å². The quantitative estimate of drug-likeness (QED) is 0.182. The van der Waals surface area contributed by atoms with Crippen LogP contribution in [0.5, 0.6) is 0 Å². The lowest BCUT2D eigenvalue weighted by molar-refractivity contribution is -0.135. The molecule has 0 aliphatic rings. The van der Waals surface area contributed by atoms with Crippen LogP contribution in [0.25, 0.3) is 0 Å². The third-order valence-electron chi connectivity index (χ3n) is 5.86. The summed E-state index contributed by atoms with van der Waals surface area (Å²) >= 11 is 0. The summed E-state index contributed by atoms with van der Waals surface area (Å²) in [5.74, 6) is -2.57. The number of hydrogen-bond donors (Lipinski definition) is 6. The van der Waals surface area contributed by atoms with Crippen LogP contribution in [0.1, 0.15) is 37.3 Å². The second kappa shape index (κ2) is 15.4. The first kappa shape index (κ1) is 29.5. The van der Waals surface area contributed by atoms with Gasteiger partial charge in [-0.3, -0.25) is 19.2 Å². The second-order valence-corrected chi connectivity index (χ2v) is 8.93. The number of aliphatic hydroxyl groups is 1. The van der Waals surface area contributed by atoms with E-state index in [4.69, 9.17) is 11.5 Å². The molecule has 0 aliphatic heterocycles. The van der Waals surface area contributed by atoms with E-state index in [0.717, 1.165) is 11.1 Å². The number of aliphatic hydroxyl groups excluding tert-OH is 1. The average molecular weight is 512 g/mol. The van der Waals surface area contributed by atoms with Crippen molar-refractivity contribution in [3.8, 4) is 0 Å². The first-order valence-corrected chi connectivity index (χ1v) is 12.4. The van der Waals surface area contributed by atoms with Crippen molar-refractivity contribution in [1.29, 1.82) is 0 Å². The van der Waals surface area contributed by atoms with Gasteiger partial charge >= 0.3 is 0 Å². The molecule has 0 bridgehead atoms. The fourth-order valence-corrected chi connectivity index (χ4v) is 3.68. The van der Waals surface area contributed by atoms with Gasteiger partial charge in [-0.05, 0) is 43.9 Å². The maximum absolute atomic E-state index is 13.3. The molecule has 10 heteroatoms. The van der Waals surface area contributed by atoms with Gasteiger partial charge in [-0.1, -0.05) is 60.7 Å². The minimum absolute atomic E-state index is 0.0848. The summed E-state index contributed by atoms with van der Waals surface area (Å²) in [6.07, 6.45) is 0.343. The fourth-order valence-electron chi connectivity index (χ4n) is 3.68. The molecule has 0 unspecified atom stereocenters. The van der Waals surface area contributed by atoms with Gasteiger partial charge in [0.25, 0.3) is 0 Å². The highest BCUT2D eigenvalue weighted by Gasteiger charge is 2.29. The number of nitrogens with two attached hydrogens (primary N) is 2. The Morgan fingerprint density at radius 3 is 1.81 bits per heavy atom. The van der Waals surface area contributed by atoms with Crippen LogP contribution in [-0.2, 0) is 32.0 Å². The molecular formula is C27H37N5O5. The molecule has 2 aromatic carbocycles. The van der Waals surface area contributed by atoms with Crippen molar-refractivity contribution < 1.29 is 24.3 Å². The largest absolute Gasteiger partial charge is 0.383 e. The summed E-state index contributed by atoms with van der Waals surface area (Å²) in [6.45, 7) is 1.87. The third kappa shape index (κ3) is 10.4. The van der Waals surface area contributed by atoms with Crippen molar-refractivity contribution in [3.05, 3.63) is 71.8 Å². The number of primary amides is 1. The molecular weight excluding hydrogens is 474 g/mol. The minimum atomic E-state index is -1.37. The third-order valence-corrected chi connectivity index (χ3v) is 5.86. The van der Waals surface area contributed by atoms with E-state index in [9.17, 15) is 24.3 Å². The van der Waals surface area contributed by atoms with Gasteiger partial charge in [0.05, 0.1) is 0 Å². The van der Waals surface area contributed by atoms with Gasteiger partial charge in [-0.2, -0.15) is 0 Å². The van der Waals surface area contributed by atoms with Crippen LogP contribution in [-0.4, -0.2) is 59.5 Å². The summed E-state index contributed by atoms with van der Waals surface area (Å²) in [7, 11) is 0. The lowest BCUT2D eigenvalue weighted by Gasteiger charge is -2.25. The molecule has 4 atom stereocenters. The number of rotatable bonds is 15. The summed E-state index contributed by atoms with van der Waals surface area (Å²) < 4.78 is 0. The van der Waals surface area contributed by atoms with Crippen LogP contribution in [0.15, 0.2) is 60.7 Å². The van der Waals surface area contributed by atoms with Crippen LogP contribution in [0, 0.1) is 0 Å². The second-order valence-electron chi connectivity index (χ2n) is 8.93. The molecule has 4 amide bonds. The standard InChI is InChI=1S/C27H37N5O5/c1-18(24(29)34)30-25(35)21(14-8-9-15-28)31-26(36)22(16-19-10-4-2-5-11-19)32-27(37)23(33)17-20-12-6-3-7-13-20/h2-7,10-13,18,21-23,33H,8-9,14-17,28H2,1H3,(H2,29,34)(H,30,35)(H,31,36)(H,32,37)/t18-,21-,22-,23-/m0/s1. The lowest BCUT2D eigenvalue weighted by atomic mass is 10.0. The molecule has 0 aromatic heterocycles. The Morgan fingerprint density at radius 2 is 1.27 bits per heavy atom. The lowest BCUT2D eigenvalue weighted by Crippen LogP contribution is -2.57. The summed E-state index contributed by atoms with van der Waals surface area (Å²) in [6, 6.07) is 15.2. The van der Waals surface area contributed by atoms with Crippen molar-refractivity contribution in [1.82, 2.24) is 16.0 Å². The number of unbranched alkanes of at least 4 members (excludes halogenated alkanes) is 1. The molecule has 200 valence electrons. The number of benzene rings is 2. The van der Waals surface area contributed by atoms with Crippen molar-refractivity contribution in [2.75, 3.05) is 6.54 Å². The minimum Gasteiger partial charge on any atom is -0.383 e. The van der Waals surface area contributed by atoms with E-state index in [1.807, 2.05) is 36.4 Å². The zero-order chi connectivity index (χ0) is 27.2. The smallest absolute Gasteiger partial charge is 0.249 e. The molecule has 0 saturated heterocycles. The zero-order valence-electron chi connectivity index (χ0n) is 21.1. The van der Waals surface area contributed by atoms with Crippen LogP contribution in [0.4, 0.5) is 0 Å². The van der Waals surface area contributed by atoms with Crippen molar-refractivity contribution in [3.63, 3.8) is 0 Å². The van der Waals surface area contributed by atoms with E-state index in [1.54, 1.807) is 24.3 Å². The Kier molecular flexibility index (Phi) is 12.2. The normalized spacial score (nSPS) is 14.0. The molecule has 0 spiro atoms. The molecule has 0 fully saturated rings.